The van der Waals surface area contributed by atoms with Gasteiger partial charge >= 0.3 is 0 Å². The van der Waals surface area contributed by atoms with Gasteiger partial charge in [-0.05, 0) is 61.7 Å². The number of amides is 1. The predicted molar refractivity (Wildman–Crippen MR) is 134 cm³/mol. The molecule has 1 aromatic heterocycles. The lowest BCUT2D eigenvalue weighted by Gasteiger charge is -2.24. The zero-order valence-electron chi connectivity index (χ0n) is 18.9. The van der Waals surface area contributed by atoms with Crippen LogP contribution in [-0.4, -0.2) is 32.5 Å². The van der Waals surface area contributed by atoms with Crippen LogP contribution in [0, 0.1) is 6.92 Å². The summed E-state index contributed by atoms with van der Waals surface area (Å²) < 4.78 is 34.2. The number of hydrogen-bond donors (Lipinski definition) is 1. The Morgan fingerprint density at radius 1 is 0.971 bits per heavy atom. The van der Waals surface area contributed by atoms with Crippen molar-refractivity contribution < 1.29 is 17.9 Å². The van der Waals surface area contributed by atoms with E-state index in [2.05, 4.69) is 10.3 Å². The molecule has 34 heavy (non-hydrogen) atoms. The van der Waals surface area contributed by atoms with E-state index in [-0.39, 0.29) is 4.90 Å². The Morgan fingerprint density at radius 2 is 1.71 bits per heavy atom. The largest absolute Gasteiger partial charge is 0.494 e. The molecule has 174 valence electrons. The molecular weight excluding hydrogens is 450 g/mol. The van der Waals surface area contributed by atoms with E-state index in [0.717, 1.165) is 15.4 Å². The fourth-order valence-corrected chi connectivity index (χ4v) is 5.22. The number of fused-ring (bicyclic) bond motifs is 1. The van der Waals surface area contributed by atoms with E-state index in [1.165, 1.54) is 6.20 Å². The van der Waals surface area contributed by atoms with Crippen LogP contribution in [0.25, 0.3) is 10.8 Å². The Hall–Kier alpha value is -3.91. The van der Waals surface area contributed by atoms with Gasteiger partial charge in [-0.25, -0.2) is 8.42 Å². The number of carbonyl (C=O) groups is 1. The number of hydrogen-bond acceptors (Lipinski definition) is 5. The summed E-state index contributed by atoms with van der Waals surface area (Å²) in [6, 6.07) is 22.6. The van der Waals surface area contributed by atoms with Gasteiger partial charge in [0.15, 0.2) is 0 Å². The van der Waals surface area contributed by atoms with Crippen molar-refractivity contribution >= 4 is 38.1 Å². The van der Waals surface area contributed by atoms with Crippen molar-refractivity contribution in [2.24, 2.45) is 0 Å². The van der Waals surface area contributed by atoms with Crippen LogP contribution < -0.4 is 14.4 Å². The molecule has 1 heterocycles. The summed E-state index contributed by atoms with van der Waals surface area (Å²) in [5.41, 5.74) is 1.59. The van der Waals surface area contributed by atoms with E-state index in [1.807, 2.05) is 32.0 Å². The molecule has 0 bridgehead atoms. The van der Waals surface area contributed by atoms with Gasteiger partial charge in [0.25, 0.3) is 10.0 Å². The van der Waals surface area contributed by atoms with E-state index < -0.39 is 22.5 Å². The van der Waals surface area contributed by atoms with Crippen molar-refractivity contribution in [3.05, 3.63) is 90.8 Å². The molecule has 4 rings (SSSR count). The molecule has 0 saturated carbocycles. The number of sulfonamides is 1. The van der Waals surface area contributed by atoms with E-state index >= 15 is 0 Å². The van der Waals surface area contributed by atoms with E-state index in [1.54, 1.807) is 60.7 Å². The van der Waals surface area contributed by atoms with Gasteiger partial charge in [0.05, 0.1) is 23.4 Å². The first-order valence-corrected chi connectivity index (χ1v) is 12.3. The molecule has 0 radical (unpaired) electrons. The van der Waals surface area contributed by atoms with Crippen LogP contribution in [0.15, 0.2) is 90.0 Å². The molecule has 4 aromatic rings. The summed E-state index contributed by atoms with van der Waals surface area (Å²) in [6.07, 6.45) is 1.46. The normalized spacial score (nSPS) is 11.2. The highest BCUT2D eigenvalue weighted by Crippen LogP contribution is 2.29. The standard InChI is InChI=1S/C26H25N3O4S/c1-3-33-23-15-12-21(13-16-23)28-26(30)18-29(22-14-11-19(2)27-17-22)34(31,32)25-10-6-8-20-7-4-5-9-24(20)25/h4-17H,3,18H2,1-2H3,(H,28,30). The second-order valence-electron chi connectivity index (χ2n) is 7.65. The SMILES string of the molecule is CCOc1ccc(NC(=O)CN(c2ccc(C)nc2)S(=O)(=O)c2cccc3ccccc23)cc1. The lowest BCUT2D eigenvalue weighted by Crippen LogP contribution is -2.38. The molecule has 0 aliphatic rings. The third kappa shape index (κ3) is 5.02. The molecule has 0 fully saturated rings. The number of nitrogens with one attached hydrogen (secondary N) is 1. The zero-order chi connectivity index (χ0) is 24.1. The lowest BCUT2D eigenvalue weighted by atomic mass is 10.1. The Kier molecular flexibility index (Phi) is 6.79. The number of nitrogens with zero attached hydrogens (tertiary/aromatic N) is 2. The highest BCUT2D eigenvalue weighted by molar-refractivity contribution is 7.93. The number of ether oxygens (including phenoxy) is 1. The summed E-state index contributed by atoms with van der Waals surface area (Å²) in [4.78, 5) is 17.3. The number of anilines is 2. The Balaban J connectivity index is 1.68. The summed E-state index contributed by atoms with van der Waals surface area (Å²) >= 11 is 0. The monoisotopic (exact) mass is 475 g/mol. The van der Waals surface area contributed by atoms with Gasteiger partial charge in [-0.15, -0.1) is 0 Å². The molecule has 1 amide bonds. The molecule has 0 spiro atoms. The van der Waals surface area contributed by atoms with E-state index in [0.29, 0.717) is 29.1 Å². The van der Waals surface area contributed by atoms with Crippen LogP contribution in [0.5, 0.6) is 5.75 Å². The first-order chi connectivity index (χ1) is 16.4. The van der Waals surface area contributed by atoms with Gasteiger partial charge in [0.1, 0.15) is 12.3 Å². The Labute approximate surface area is 199 Å². The first-order valence-electron chi connectivity index (χ1n) is 10.8. The van der Waals surface area contributed by atoms with Crippen molar-refractivity contribution in [2.45, 2.75) is 18.7 Å². The second-order valence-corrected chi connectivity index (χ2v) is 9.48. The molecular formula is C26H25N3O4S. The van der Waals surface area contributed by atoms with Crippen molar-refractivity contribution in [3.8, 4) is 5.75 Å². The van der Waals surface area contributed by atoms with Gasteiger partial charge in [-0.2, -0.15) is 0 Å². The van der Waals surface area contributed by atoms with Gasteiger partial charge in [0.2, 0.25) is 5.91 Å². The third-order valence-electron chi connectivity index (χ3n) is 5.24. The average Bonchev–Trinajstić information content (AvgIpc) is 2.84. The number of pyridine rings is 1. The van der Waals surface area contributed by atoms with Crippen molar-refractivity contribution in [1.82, 2.24) is 4.98 Å². The quantitative estimate of drug-likeness (QED) is 0.396. The lowest BCUT2D eigenvalue weighted by molar-refractivity contribution is -0.114. The van der Waals surface area contributed by atoms with Crippen LogP contribution in [0.2, 0.25) is 0 Å². The third-order valence-corrected chi connectivity index (χ3v) is 7.07. The van der Waals surface area contributed by atoms with Crippen LogP contribution in [0.1, 0.15) is 12.6 Å². The minimum absolute atomic E-state index is 0.125. The van der Waals surface area contributed by atoms with Crippen molar-refractivity contribution in [2.75, 3.05) is 22.8 Å². The van der Waals surface area contributed by atoms with Gasteiger partial charge in [-0.1, -0.05) is 36.4 Å². The van der Waals surface area contributed by atoms with Crippen molar-refractivity contribution in [3.63, 3.8) is 0 Å². The minimum Gasteiger partial charge on any atom is -0.494 e. The minimum atomic E-state index is -4.08. The Morgan fingerprint density at radius 3 is 2.41 bits per heavy atom. The second kappa shape index (κ2) is 9.93. The smallest absolute Gasteiger partial charge is 0.265 e. The molecule has 0 aliphatic carbocycles. The number of aryl methyl sites for hydroxylation is 1. The molecule has 0 unspecified atom stereocenters. The number of rotatable bonds is 8. The first kappa shape index (κ1) is 23.3. The number of aromatic nitrogens is 1. The fraction of sp³-hybridized carbons (Fsp3) is 0.154. The topological polar surface area (TPSA) is 88.6 Å². The van der Waals surface area contributed by atoms with Gasteiger partial charge in [0, 0.05) is 16.8 Å². The van der Waals surface area contributed by atoms with E-state index in [4.69, 9.17) is 4.74 Å². The molecule has 0 saturated heterocycles. The van der Waals surface area contributed by atoms with Crippen LogP contribution in [0.4, 0.5) is 11.4 Å². The van der Waals surface area contributed by atoms with Gasteiger partial charge in [-0.3, -0.25) is 14.1 Å². The maximum Gasteiger partial charge on any atom is 0.265 e. The average molecular weight is 476 g/mol. The Bertz CT molecular complexity index is 1400. The fourth-order valence-electron chi connectivity index (χ4n) is 3.59. The molecule has 7 nitrogen and oxygen atoms in total. The van der Waals surface area contributed by atoms with Crippen LogP contribution >= 0.6 is 0 Å². The summed E-state index contributed by atoms with van der Waals surface area (Å²) in [5.74, 6) is 0.208. The highest BCUT2D eigenvalue weighted by Gasteiger charge is 2.29. The molecule has 1 N–H and O–H groups in total. The molecule has 0 atom stereocenters. The van der Waals surface area contributed by atoms with Gasteiger partial charge < -0.3 is 10.1 Å². The molecule has 8 heteroatoms. The predicted octanol–water partition coefficient (Wildman–Crippen LogP) is 4.78. The zero-order valence-corrected chi connectivity index (χ0v) is 19.7. The van der Waals surface area contributed by atoms with Crippen LogP contribution in [-0.2, 0) is 14.8 Å². The summed E-state index contributed by atoms with van der Waals surface area (Å²) in [5, 5.41) is 4.14. The van der Waals surface area contributed by atoms with Crippen molar-refractivity contribution in [1.29, 1.82) is 0 Å². The summed E-state index contributed by atoms with van der Waals surface area (Å²) in [7, 11) is -4.08. The number of carbonyl (C=O) groups excluding carboxylic acids is 1. The molecule has 0 aliphatic heterocycles. The van der Waals surface area contributed by atoms with Crippen LogP contribution in [0.3, 0.4) is 0 Å². The summed E-state index contributed by atoms with van der Waals surface area (Å²) in [6.45, 7) is 3.83. The van der Waals surface area contributed by atoms with E-state index in [9.17, 15) is 13.2 Å². The molecule has 3 aromatic carbocycles. The maximum atomic E-state index is 13.8. The number of benzene rings is 3. The highest BCUT2D eigenvalue weighted by atomic mass is 32.2. The maximum absolute atomic E-state index is 13.8.